The molecule has 1 aliphatic rings. The number of hydrogen-bond acceptors (Lipinski definition) is 3. The van der Waals surface area contributed by atoms with Gasteiger partial charge in [-0.05, 0) is 18.9 Å². The second-order valence-corrected chi connectivity index (χ2v) is 5.34. The quantitative estimate of drug-likeness (QED) is 0.637. The molecule has 0 aliphatic carbocycles. The SMILES string of the molecule is CC1/C(=C(\F)C(=O)O)CCS1(=O)=O. The van der Waals surface area contributed by atoms with Crippen LogP contribution in [0, 0.1) is 0 Å². The van der Waals surface area contributed by atoms with Gasteiger partial charge in [0.05, 0.1) is 11.0 Å². The van der Waals surface area contributed by atoms with Crippen LogP contribution in [0.1, 0.15) is 13.3 Å². The van der Waals surface area contributed by atoms with Gasteiger partial charge in [0.15, 0.2) is 9.84 Å². The predicted molar refractivity (Wildman–Crippen MR) is 43.6 cm³/mol. The molecule has 1 N–H and O–H groups in total. The molecule has 1 unspecified atom stereocenters. The third kappa shape index (κ3) is 1.72. The Morgan fingerprint density at radius 2 is 2.15 bits per heavy atom. The summed E-state index contributed by atoms with van der Waals surface area (Å²) in [5.74, 6) is -3.18. The maximum atomic E-state index is 12.8. The Bertz CT molecular complexity index is 368. The Labute approximate surface area is 75.0 Å². The summed E-state index contributed by atoms with van der Waals surface area (Å²) < 4.78 is 35.1. The Morgan fingerprint density at radius 1 is 1.62 bits per heavy atom. The number of hydrogen-bond donors (Lipinski definition) is 1. The van der Waals surface area contributed by atoms with Gasteiger partial charge < -0.3 is 5.11 Å². The van der Waals surface area contributed by atoms with Crippen molar-refractivity contribution >= 4 is 15.8 Å². The van der Waals surface area contributed by atoms with Crippen molar-refractivity contribution in [2.24, 2.45) is 0 Å². The number of rotatable bonds is 1. The van der Waals surface area contributed by atoms with Gasteiger partial charge in [-0.15, -0.1) is 0 Å². The van der Waals surface area contributed by atoms with Crippen molar-refractivity contribution in [3.63, 3.8) is 0 Å². The van der Waals surface area contributed by atoms with E-state index in [0.29, 0.717) is 0 Å². The molecule has 1 rings (SSSR count). The molecular weight excluding hydrogens is 199 g/mol. The molecule has 1 fully saturated rings. The van der Waals surface area contributed by atoms with Crippen molar-refractivity contribution in [3.8, 4) is 0 Å². The van der Waals surface area contributed by atoms with Crippen LogP contribution < -0.4 is 0 Å². The summed E-state index contributed by atoms with van der Waals surface area (Å²) in [5.41, 5.74) is -0.118. The highest BCUT2D eigenvalue weighted by Crippen LogP contribution is 2.29. The smallest absolute Gasteiger partial charge is 0.364 e. The van der Waals surface area contributed by atoms with E-state index >= 15 is 0 Å². The first-order valence-corrected chi connectivity index (χ1v) is 5.41. The zero-order chi connectivity index (χ0) is 10.2. The van der Waals surface area contributed by atoms with Crippen molar-refractivity contribution in [2.45, 2.75) is 18.6 Å². The molecule has 1 aliphatic heterocycles. The molecule has 0 aromatic heterocycles. The minimum atomic E-state index is -3.31. The van der Waals surface area contributed by atoms with E-state index in [0.717, 1.165) is 0 Å². The summed E-state index contributed by atoms with van der Waals surface area (Å²) in [6, 6.07) is 0. The summed E-state index contributed by atoms with van der Waals surface area (Å²) in [5, 5.41) is 7.31. The van der Waals surface area contributed by atoms with Gasteiger partial charge in [0.25, 0.3) is 0 Å². The molecule has 0 spiro atoms. The van der Waals surface area contributed by atoms with Crippen molar-refractivity contribution in [1.29, 1.82) is 0 Å². The second-order valence-electron chi connectivity index (χ2n) is 2.90. The molecule has 1 saturated heterocycles. The Kier molecular flexibility index (Phi) is 2.42. The van der Waals surface area contributed by atoms with E-state index in [2.05, 4.69) is 0 Å². The zero-order valence-corrected chi connectivity index (χ0v) is 7.77. The van der Waals surface area contributed by atoms with Crippen LogP contribution in [0.3, 0.4) is 0 Å². The first-order valence-electron chi connectivity index (χ1n) is 3.69. The molecule has 6 heteroatoms. The van der Waals surface area contributed by atoms with Gasteiger partial charge >= 0.3 is 5.97 Å². The van der Waals surface area contributed by atoms with Crippen LogP contribution in [-0.2, 0) is 14.6 Å². The van der Waals surface area contributed by atoms with Crippen LogP contribution in [-0.4, -0.2) is 30.5 Å². The fourth-order valence-corrected chi connectivity index (χ4v) is 2.79. The van der Waals surface area contributed by atoms with Gasteiger partial charge in [0.1, 0.15) is 0 Å². The van der Waals surface area contributed by atoms with Gasteiger partial charge in [-0.2, -0.15) is 4.39 Å². The standard InChI is InChI=1S/C7H9FO4S/c1-4-5(6(8)7(9)10)2-3-13(4,11)12/h4H,2-3H2,1H3,(H,9,10)/b6-5-. The highest BCUT2D eigenvalue weighted by molar-refractivity contribution is 7.92. The van der Waals surface area contributed by atoms with Crippen LogP contribution in [0.15, 0.2) is 11.4 Å². The van der Waals surface area contributed by atoms with E-state index in [1.165, 1.54) is 6.92 Å². The fraction of sp³-hybridized carbons (Fsp3) is 0.571. The first-order chi connectivity index (χ1) is 5.86. The summed E-state index contributed by atoms with van der Waals surface area (Å²) in [4.78, 5) is 10.2. The molecule has 1 heterocycles. The van der Waals surface area contributed by atoms with E-state index in [9.17, 15) is 17.6 Å². The fourth-order valence-electron chi connectivity index (χ4n) is 1.27. The summed E-state index contributed by atoms with van der Waals surface area (Å²) in [7, 11) is -3.31. The van der Waals surface area contributed by atoms with Crippen LogP contribution in [0.2, 0.25) is 0 Å². The van der Waals surface area contributed by atoms with Crippen LogP contribution >= 0.6 is 0 Å². The predicted octanol–water partition coefficient (Wildman–Crippen LogP) is 0.502. The summed E-state index contributed by atoms with van der Waals surface area (Å²) >= 11 is 0. The average Bonchev–Trinajstić information content (AvgIpc) is 2.27. The maximum absolute atomic E-state index is 12.8. The van der Waals surface area contributed by atoms with Crippen LogP contribution in [0.4, 0.5) is 4.39 Å². The number of carboxylic acids is 1. The molecule has 13 heavy (non-hydrogen) atoms. The lowest BCUT2D eigenvalue weighted by atomic mass is 10.1. The third-order valence-corrected chi connectivity index (χ3v) is 4.29. The van der Waals surface area contributed by atoms with Gasteiger partial charge in [-0.3, -0.25) is 0 Å². The molecule has 0 saturated carbocycles. The van der Waals surface area contributed by atoms with Gasteiger partial charge in [0, 0.05) is 0 Å². The Hall–Kier alpha value is -0.910. The first kappa shape index (κ1) is 10.2. The van der Waals surface area contributed by atoms with Gasteiger partial charge in [-0.1, -0.05) is 0 Å². The van der Waals surface area contributed by atoms with Crippen molar-refractivity contribution < 1.29 is 22.7 Å². The third-order valence-electron chi connectivity index (χ3n) is 2.16. The van der Waals surface area contributed by atoms with E-state index in [-0.39, 0.29) is 17.7 Å². The molecule has 1 atom stereocenters. The molecule has 0 aromatic carbocycles. The van der Waals surface area contributed by atoms with Crippen molar-refractivity contribution in [2.75, 3.05) is 5.75 Å². The number of aliphatic carboxylic acids is 1. The molecule has 4 nitrogen and oxygen atoms in total. The highest BCUT2D eigenvalue weighted by Gasteiger charge is 2.35. The second kappa shape index (κ2) is 3.10. The number of halogens is 1. The molecule has 74 valence electrons. The lowest BCUT2D eigenvalue weighted by molar-refractivity contribution is -0.134. The molecule has 0 bridgehead atoms. The lowest BCUT2D eigenvalue weighted by Gasteiger charge is -2.03. The lowest BCUT2D eigenvalue weighted by Crippen LogP contribution is -2.14. The molecular formula is C7H9FO4S. The number of carboxylic acid groups (broad SMARTS) is 1. The van der Waals surface area contributed by atoms with Crippen molar-refractivity contribution in [3.05, 3.63) is 11.4 Å². The largest absolute Gasteiger partial charge is 0.476 e. The van der Waals surface area contributed by atoms with E-state index < -0.39 is 26.9 Å². The van der Waals surface area contributed by atoms with E-state index in [4.69, 9.17) is 5.11 Å². The summed E-state index contributed by atoms with van der Waals surface area (Å²) in [6.45, 7) is 1.31. The van der Waals surface area contributed by atoms with Crippen LogP contribution in [0.25, 0.3) is 0 Å². The van der Waals surface area contributed by atoms with Gasteiger partial charge in [0.2, 0.25) is 5.83 Å². The maximum Gasteiger partial charge on any atom is 0.364 e. The van der Waals surface area contributed by atoms with Crippen LogP contribution in [0.5, 0.6) is 0 Å². The van der Waals surface area contributed by atoms with Gasteiger partial charge in [-0.25, -0.2) is 13.2 Å². The van der Waals surface area contributed by atoms with Crippen molar-refractivity contribution in [1.82, 2.24) is 0 Å². The highest BCUT2D eigenvalue weighted by atomic mass is 32.2. The monoisotopic (exact) mass is 208 g/mol. The Balaban J connectivity index is 3.14. The molecule has 0 amide bonds. The minimum absolute atomic E-state index is 0.0123. The minimum Gasteiger partial charge on any atom is -0.476 e. The topological polar surface area (TPSA) is 71.4 Å². The van der Waals surface area contributed by atoms with E-state index in [1.807, 2.05) is 0 Å². The Morgan fingerprint density at radius 3 is 2.46 bits per heavy atom. The molecule has 0 radical (unpaired) electrons. The van der Waals surface area contributed by atoms with E-state index in [1.54, 1.807) is 0 Å². The molecule has 0 aromatic rings. The number of sulfone groups is 1. The summed E-state index contributed by atoms with van der Waals surface area (Å²) in [6.07, 6.45) is -0.0123. The zero-order valence-electron chi connectivity index (χ0n) is 6.95. The normalized spacial score (nSPS) is 30.2. The average molecular weight is 208 g/mol. The number of carbonyl (C=O) groups is 1.